The van der Waals surface area contributed by atoms with Crippen LogP contribution in [0, 0.1) is 10.1 Å². The Kier molecular flexibility index (Phi) is 4.54. The van der Waals surface area contributed by atoms with Gasteiger partial charge in [0.25, 0.3) is 0 Å². The van der Waals surface area contributed by atoms with E-state index in [1.807, 2.05) is 0 Å². The largest absolute Gasteiger partial charge is 0.368 e. The molecule has 0 spiro atoms. The smallest absolute Gasteiger partial charge is 0.363 e. The van der Waals surface area contributed by atoms with Crippen molar-refractivity contribution in [2.75, 3.05) is 51.2 Å². The second-order valence-electron chi connectivity index (χ2n) is 6.19. The molecule has 2 aliphatic rings. The quantitative estimate of drug-likeness (QED) is 0.618. The van der Waals surface area contributed by atoms with Crippen molar-refractivity contribution in [3.63, 3.8) is 0 Å². The van der Waals surface area contributed by atoms with Gasteiger partial charge in [0, 0.05) is 51.4 Å². The Morgan fingerprint density at radius 2 is 1.82 bits per heavy atom. The Morgan fingerprint density at radius 3 is 2.36 bits per heavy atom. The number of rotatable bonds is 3. The van der Waals surface area contributed by atoms with Crippen molar-refractivity contribution < 1.29 is 4.92 Å². The van der Waals surface area contributed by atoms with Gasteiger partial charge in [-0.25, -0.2) is 0 Å². The fraction of sp³-hybridized carbons (Fsp3) is 0.667. The van der Waals surface area contributed by atoms with Crippen molar-refractivity contribution in [2.24, 2.45) is 0 Å². The molecular weight excluding hydrogens is 282 g/mol. The topological polar surface area (TPSA) is 65.8 Å². The Labute approximate surface area is 130 Å². The molecule has 0 aliphatic carbocycles. The molecule has 2 saturated heterocycles. The third-order valence-corrected chi connectivity index (χ3v) is 4.80. The molecule has 0 unspecified atom stereocenters. The van der Waals surface area contributed by atoms with Gasteiger partial charge >= 0.3 is 5.82 Å². The molecule has 22 heavy (non-hydrogen) atoms. The van der Waals surface area contributed by atoms with Gasteiger partial charge < -0.3 is 19.9 Å². The molecule has 0 atom stereocenters. The Hall–Kier alpha value is -1.73. The summed E-state index contributed by atoms with van der Waals surface area (Å²) < 4.78 is 0. The lowest BCUT2D eigenvalue weighted by atomic mass is 10.0. The minimum Gasteiger partial charge on any atom is -0.368 e. The third-order valence-electron chi connectivity index (χ3n) is 4.80. The Morgan fingerprint density at radius 1 is 1.14 bits per heavy atom. The first kappa shape index (κ1) is 15.2. The predicted molar refractivity (Wildman–Crippen MR) is 85.2 cm³/mol. The zero-order valence-corrected chi connectivity index (χ0v) is 13.0. The highest BCUT2D eigenvalue weighted by molar-refractivity contribution is 5.46. The summed E-state index contributed by atoms with van der Waals surface area (Å²) in [6.07, 6.45) is 3.93. The molecule has 1 aromatic rings. The molecule has 0 aromatic carbocycles. The SMILES string of the molecule is CN1CCN(C2CCN(c3ccc([N+](=O)[O-])nc3)CC2)CC1. The van der Waals surface area contributed by atoms with E-state index < -0.39 is 4.92 Å². The summed E-state index contributed by atoms with van der Waals surface area (Å²) in [4.78, 5) is 21.4. The van der Waals surface area contributed by atoms with Gasteiger partial charge in [-0.2, -0.15) is 0 Å². The molecule has 0 radical (unpaired) electrons. The minimum absolute atomic E-state index is 0.0870. The first-order chi connectivity index (χ1) is 10.6. The molecule has 1 aromatic heterocycles. The van der Waals surface area contributed by atoms with Crippen molar-refractivity contribution in [1.29, 1.82) is 0 Å². The number of anilines is 1. The molecule has 120 valence electrons. The van der Waals surface area contributed by atoms with Crippen LogP contribution in [-0.4, -0.2) is 72.1 Å². The van der Waals surface area contributed by atoms with Gasteiger partial charge in [-0.1, -0.05) is 0 Å². The van der Waals surface area contributed by atoms with E-state index in [1.54, 1.807) is 12.3 Å². The van der Waals surface area contributed by atoms with Crippen LogP contribution < -0.4 is 4.90 Å². The standard InChI is InChI=1S/C15H23N5O2/c1-17-8-10-19(11-9-17)13-4-6-18(7-5-13)14-2-3-15(16-12-14)20(21)22/h2-3,12-13H,4-11H2,1H3. The van der Waals surface area contributed by atoms with Crippen LogP contribution in [0.15, 0.2) is 18.3 Å². The zero-order valence-electron chi connectivity index (χ0n) is 13.0. The molecule has 2 fully saturated rings. The van der Waals surface area contributed by atoms with E-state index in [-0.39, 0.29) is 5.82 Å². The maximum absolute atomic E-state index is 10.7. The van der Waals surface area contributed by atoms with E-state index in [2.05, 4.69) is 26.7 Å². The molecule has 0 amide bonds. The molecule has 0 bridgehead atoms. The van der Waals surface area contributed by atoms with Gasteiger partial charge in [0.1, 0.15) is 0 Å². The first-order valence-corrected chi connectivity index (χ1v) is 7.91. The molecule has 7 nitrogen and oxygen atoms in total. The molecule has 7 heteroatoms. The van der Waals surface area contributed by atoms with Crippen molar-refractivity contribution >= 4 is 11.5 Å². The van der Waals surface area contributed by atoms with Crippen LogP contribution in [-0.2, 0) is 0 Å². The van der Waals surface area contributed by atoms with E-state index in [9.17, 15) is 10.1 Å². The molecule has 3 heterocycles. The number of hydrogen-bond acceptors (Lipinski definition) is 6. The number of likely N-dealkylation sites (N-methyl/N-ethyl adjacent to an activating group) is 1. The summed E-state index contributed by atoms with van der Waals surface area (Å²) in [5.74, 6) is -0.0870. The molecule has 3 rings (SSSR count). The normalized spacial score (nSPS) is 22.0. The average Bonchev–Trinajstić information content (AvgIpc) is 2.56. The highest BCUT2D eigenvalue weighted by Gasteiger charge is 2.27. The lowest BCUT2D eigenvalue weighted by molar-refractivity contribution is -0.389. The number of aromatic nitrogens is 1. The van der Waals surface area contributed by atoms with E-state index in [1.165, 1.54) is 19.2 Å². The van der Waals surface area contributed by atoms with Crippen LogP contribution in [0.1, 0.15) is 12.8 Å². The van der Waals surface area contributed by atoms with Gasteiger partial charge in [0.05, 0.1) is 5.69 Å². The molecule has 2 aliphatic heterocycles. The number of nitrogens with zero attached hydrogens (tertiary/aromatic N) is 5. The second kappa shape index (κ2) is 6.58. The summed E-state index contributed by atoms with van der Waals surface area (Å²) in [5, 5.41) is 10.7. The van der Waals surface area contributed by atoms with Crippen LogP contribution in [0.4, 0.5) is 11.5 Å². The number of hydrogen-bond donors (Lipinski definition) is 0. The Bertz CT molecular complexity index is 505. The highest BCUT2D eigenvalue weighted by Crippen LogP contribution is 2.23. The van der Waals surface area contributed by atoms with E-state index in [0.29, 0.717) is 6.04 Å². The minimum atomic E-state index is -0.455. The van der Waals surface area contributed by atoms with Gasteiger partial charge in [0.15, 0.2) is 6.20 Å². The van der Waals surface area contributed by atoms with Crippen molar-refractivity contribution in [2.45, 2.75) is 18.9 Å². The van der Waals surface area contributed by atoms with Crippen molar-refractivity contribution in [3.05, 3.63) is 28.4 Å². The monoisotopic (exact) mass is 305 g/mol. The van der Waals surface area contributed by atoms with Crippen LogP contribution in [0.3, 0.4) is 0 Å². The summed E-state index contributed by atoms with van der Waals surface area (Å²) in [5.41, 5.74) is 0.988. The van der Waals surface area contributed by atoms with E-state index in [4.69, 9.17) is 0 Å². The second-order valence-corrected chi connectivity index (χ2v) is 6.19. The van der Waals surface area contributed by atoms with Gasteiger partial charge in [-0.15, -0.1) is 0 Å². The number of pyridine rings is 1. The Balaban J connectivity index is 1.54. The van der Waals surface area contributed by atoms with Crippen molar-refractivity contribution in [1.82, 2.24) is 14.8 Å². The first-order valence-electron chi connectivity index (χ1n) is 7.91. The average molecular weight is 305 g/mol. The molecular formula is C15H23N5O2. The lowest BCUT2D eigenvalue weighted by Gasteiger charge is -2.42. The maximum atomic E-state index is 10.7. The summed E-state index contributed by atoms with van der Waals surface area (Å²) >= 11 is 0. The fourth-order valence-corrected chi connectivity index (χ4v) is 3.35. The van der Waals surface area contributed by atoms with Crippen LogP contribution >= 0.6 is 0 Å². The summed E-state index contributed by atoms with van der Waals surface area (Å²) in [6.45, 7) is 6.65. The molecule has 0 saturated carbocycles. The number of piperidine rings is 1. The summed E-state index contributed by atoms with van der Waals surface area (Å²) in [7, 11) is 2.18. The van der Waals surface area contributed by atoms with E-state index in [0.717, 1.165) is 44.7 Å². The van der Waals surface area contributed by atoms with Crippen LogP contribution in [0.25, 0.3) is 0 Å². The lowest BCUT2D eigenvalue weighted by Crippen LogP contribution is -2.52. The fourth-order valence-electron chi connectivity index (χ4n) is 3.35. The van der Waals surface area contributed by atoms with Crippen molar-refractivity contribution in [3.8, 4) is 0 Å². The van der Waals surface area contributed by atoms with Crippen LogP contribution in [0.2, 0.25) is 0 Å². The third kappa shape index (κ3) is 3.36. The molecule has 0 N–H and O–H groups in total. The summed E-state index contributed by atoms with van der Waals surface area (Å²) in [6, 6.07) is 3.97. The highest BCUT2D eigenvalue weighted by atomic mass is 16.6. The maximum Gasteiger partial charge on any atom is 0.363 e. The number of nitro groups is 1. The predicted octanol–water partition coefficient (Wildman–Crippen LogP) is 1.21. The van der Waals surface area contributed by atoms with E-state index >= 15 is 0 Å². The number of piperazine rings is 1. The van der Waals surface area contributed by atoms with Gasteiger partial charge in [-0.05, 0) is 35.9 Å². The van der Waals surface area contributed by atoms with Gasteiger partial charge in [-0.3, -0.25) is 4.90 Å². The van der Waals surface area contributed by atoms with Crippen LogP contribution in [0.5, 0.6) is 0 Å². The van der Waals surface area contributed by atoms with Gasteiger partial charge in [0.2, 0.25) is 0 Å². The zero-order chi connectivity index (χ0) is 15.5.